The van der Waals surface area contributed by atoms with Gasteiger partial charge in [-0.1, -0.05) is 51.1 Å². The molecule has 22 heavy (non-hydrogen) atoms. The summed E-state index contributed by atoms with van der Waals surface area (Å²) in [5, 5.41) is 2.97. The molecule has 1 fully saturated rings. The van der Waals surface area contributed by atoms with Gasteiger partial charge in [0.05, 0.1) is 0 Å². The summed E-state index contributed by atoms with van der Waals surface area (Å²) in [6.45, 7) is 8.18. The Hall–Kier alpha value is -1.84. The maximum Gasteiger partial charge on any atom is 0.249 e. The van der Waals surface area contributed by atoms with Crippen molar-refractivity contribution in [3.8, 4) is 0 Å². The molecule has 0 bridgehead atoms. The number of carbonyl (C=O) groups is 2. The Morgan fingerprint density at radius 3 is 2.09 bits per heavy atom. The van der Waals surface area contributed by atoms with Crippen molar-refractivity contribution in [2.75, 3.05) is 0 Å². The first-order valence-electron chi connectivity index (χ1n) is 8.12. The molecule has 0 radical (unpaired) electrons. The lowest BCUT2D eigenvalue weighted by Gasteiger charge is -2.51. The summed E-state index contributed by atoms with van der Waals surface area (Å²) < 4.78 is 0. The zero-order valence-electron chi connectivity index (χ0n) is 14.0. The van der Waals surface area contributed by atoms with Gasteiger partial charge in [-0.15, -0.1) is 0 Å². The molecule has 2 rings (SSSR count). The Balaban J connectivity index is 2.45. The number of hydrogen-bond acceptors (Lipinski definition) is 2. The standard InChI is InChI=1S/C18H26N2O2/c1-5-17(4)16(22)20(13-14-11-9-8-10-12-14)18(6-2,7-3)15(21)19-17/h8-12H,5-7,13H2,1-4H3,(H,19,21). The summed E-state index contributed by atoms with van der Waals surface area (Å²) in [4.78, 5) is 27.7. The van der Waals surface area contributed by atoms with Crippen molar-refractivity contribution in [2.45, 2.75) is 64.6 Å². The molecular weight excluding hydrogens is 276 g/mol. The molecule has 4 heteroatoms. The molecule has 0 saturated carbocycles. The number of amides is 2. The minimum Gasteiger partial charge on any atom is -0.340 e. The molecule has 0 spiro atoms. The number of benzene rings is 1. The second-order valence-corrected chi connectivity index (χ2v) is 6.26. The van der Waals surface area contributed by atoms with E-state index in [1.165, 1.54) is 0 Å². The molecule has 0 aromatic heterocycles. The van der Waals surface area contributed by atoms with E-state index in [2.05, 4.69) is 5.32 Å². The van der Waals surface area contributed by atoms with Gasteiger partial charge in [0.2, 0.25) is 11.8 Å². The molecule has 1 aromatic rings. The number of hydrogen-bond donors (Lipinski definition) is 1. The molecule has 1 aromatic carbocycles. The number of piperazine rings is 1. The highest BCUT2D eigenvalue weighted by molar-refractivity contribution is 6.02. The van der Waals surface area contributed by atoms with Gasteiger partial charge in [-0.3, -0.25) is 9.59 Å². The van der Waals surface area contributed by atoms with Crippen molar-refractivity contribution < 1.29 is 9.59 Å². The first-order chi connectivity index (χ1) is 10.4. The van der Waals surface area contributed by atoms with Crippen LogP contribution in [0.3, 0.4) is 0 Å². The van der Waals surface area contributed by atoms with Crippen molar-refractivity contribution in [2.24, 2.45) is 0 Å². The number of carbonyl (C=O) groups excluding carboxylic acids is 2. The molecule has 1 aliphatic rings. The fraction of sp³-hybridized carbons (Fsp3) is 0.556. The van der Waals surface area contributed by atoms with Crippen molar-refractivity contribution in [3.05, 3.63) is 35.9 Å². The predicted octanol–water partition coefficient (Wildman–Crippen LogP) is 2.87. The van der Waals surface area contributed by atoms with Crippen LogP contribution in [0.25, 0.3) is 0 Å². The van der Waals surface area contributed by atoms with E-state index in [9.17, 15) is 9.59 Å². The molecule has 1 atom stereocenters. The van der Waals surface area contributed by atoms with Crippen LogP contribution in [0.5, 0.6) is 0 Å². The lowest BCUT2D eigenvalue weighted by atomic mass is 9.81. The molecule has 1 aliphatic heterocycles. The van der Waals surface area contributed by atoms with Crippen molar-refractivity contribution >= 4 is 11.8 Å². The molecule has 1 N–H and O–H groups in total. The first kappa shape index (κ1) is 16.5. The molecule has 1 saturated heterocycles. The Labute approximate surface area is 132 Å². The lowest BCUT2D eigenvalue weighted by Crippen LogP contribution is -2.74. The van der Waals surface area contributed by atoms with E-state index in [0.29, 0.717) is 25.8 Å². The number of nitrogens with zero attached hydrogens (tertiary/aromatic N) is 1. The molecule has 1 heterocycles. The topological polar surface area (TPSA) is 49.4 Å². The summed E-state index contributed by atoms with van der Waals surface area (Å²) in [5.41, 5.74) is -0.503. The van der Waals surface area contributed by atoms with Gasteiger partial charge in [-0.05, 0) is 31.7 Å². The Bertz CT molecular complexity index is 551. The van der Waals surface area contributed by atoms with Crippen LogP contribution in [-0.2, 0) is 16.1 Å². The minimum atomic E-state index is -0.806. The monoisotopic (exact) mass is 302 g/mol. The maximum absolute atomic E-state index is 13.1. The fourth-order valence-corrected chi connectivity index (χ4v) is 3.22. The van der Waals surface area contributed by atoms with Crippen molar-refractivity contribution in [3.63, 3.8) is 0 Å². The largest absolute Gasteiger partial charge is 0.340 e. The molecule has 4 nitrogen and oxygen atoms in total. The zero-order chi connectivity index (χ0) is 16.4. The third-order valence-corrected chi connectivity index (χ3v) is 5.11. The van der Waals surface area contributed by atoms with E-state index in [0.717, 1.165) is 5.56 Å². The summed E-state index contributed by atoms with van der Waals surface area (Å²) in [6.07, 6.45) is 1.83. The zero-order valence-corrected chi connectivity index (χ0v) is 14.0. The van der Waals surface area contributed by atoms with Gasteiger partial charge in [0.25, 0.3) is 0 Å². The molecule has 1 unspecified atom stereocenters. The van der Waals surface area contributed by atoms with Crippen LogP contribution in [0.1, 0.15) is 52.5 Å². The second-order valence-electron chi connectivity index (χ2n) is 6.26. The van der Waals surface area contributed by atoms with Crippen molar-refractivity contribution in [1.82, 2.24) is 10.2 Å². The highest BCUT2D eigenvalue weighted by atomic mass is 16.2. The Morgan fingerprint density at radius 2 is 1.59 bits per heavy atom. The molecular formula is C18H26N2O2. The van der Waals surface area contributed by atoms with Crippen LogP contribution >= 0.6 is 0 Å². The van der Waals surface area contributed by atoms with Crippen LogP contribution < -0.4 is 5.32 Å². The number of rotatable bonds is 5. The normalized spacial score (nSPS) is 24.3. The summed E-state index contributed by atoms with van der Waals surface area (Å²) in [5.74, 6) is -0.0143. The van der Waals surface area contributed by atoms with E-state index >= 15 is 0 Å². The Morgan fingerprint density at radius 1 is 1.00 bits per heavy atom. The van der Waals surface area contributed by atoms with E-state index in [-0.39, 0.29) is 11.8 Å². The van der Waals surface area contributed by atoms with E-state index < -0.39 is 11.1 Å². The molecule has 2 amide bonds. The highest BCUT2D eigenvalue weighted by Crippen LogP contribution is 2.34. The number of nitrogens with one attached hydrogen (secondary N) is 1. The fourth-order valence-electron chi connectivity index (χ4n) is 3.22. The van der Waals surface area contributed by atoms with Gasteiger partial charge >= 0.3 is 0 Å². The minimum absolute atomic E-state index is 0.0159. The van der Waals surface area contributed by atoms with Gasteiger partial charge < -0.3 is 10.2 Å². The summed E-state index contributed by atoms with van der Waals surface area (Å²) >= 11 is 0. The van der Waals surface area contributed by atoms with Crippen molar-refractivity contribution in [1.29, 1.82) is 0 Å². The average Bonchev–Trinajstić information content (AvgIpc) is 2.54. The molecule has 0 aliphatic carbocycles. The van der Waals surface area contributed by atoms with E-state index in [4.69, 9.17) is 0 Å². The van der Waals surface area contributed by atoms with Crippen LogP contribution in [-0.4, -0.2) is 27.8 Å². The summed E-state index contributed by atoms with van der Waals surface area (Å²) in [6, 6.07) is 9.88. The second kappa shape index (κ2) is 6.11. The average molecular weight is 302 g/mol. The van der Waals surface area contributed by atoms with Gasteiger partial charge in [0.15, 0.2) is 0 Å². The third kappa shape index (κ3) is 2.51. The van der Waals surface area contributed by atoms with Crippen LogP contribution in [0.15, 0.2) is 30.3 Å². The Kier molecular flexibility index (Phi) is 4.59. The van der Waals surface area contributed by atoms with Crippen LogP contribution in [0.4, 0.5) is 0 Å². The van der Waals surface area contributed by atoms with Gasteiger partial charge in [-0.25, -0.2) is 0 Å². The summed E-state index contributed by atoms with van der Waals surface area (Å²) in [7, 11) is 0. The van der Waals surface area contributed by atoms with Gasteiger partial charge in [0, 0.05) is 6.54 Å². The SMILES string of the molecule is CCC1(C)NC(=O)C(CC)(CC)N(Cc2ccccc2)C1=O. The maximum atomic E-state index is 13.1. The smallest absolute Gasteiger partial charge is 0.249 e. The first-order valence-corrected chi connectivity index (χ1v) is 8.12. The van der Waals surface area contributed by atoms with Crippen LogP contribution in [0, 0.1) is 0 Å². The predicted molar refractivity (Wildman–Crippen MR) is 87.1 cm³/mol. The van der Waals surface area contributed by atoms with E-state index in [1.807, 2.05) is 58.0 Å². The lowest BCUT2D eigenvalue weighted by molar-refractivity contribution is -0.164. The quantitative estimate of drug-likeness (QED) is 0.909. The van der Waals surface area contributed by atoms with Gasteiger partial charge in [0.1, 0.15) is 11.1 Å². The third-order valence-electron chi connectivity index (χ3n) is 5.11. The molecule has 120 valence electrons. The highest BCUT2D eigenvalue weighted by Gasteiger charge is 2.54. The van der Waals surface area contributed by atoms with Gasteiger partial charge in [-0.2, -0.15) is 0 Å². The van der Waals surface area contributed by atoms with E-state index in [1.54, 1.807) is 4.90 Å². The van der Waals surface area contributed by atoms with Crippen LogP contribution in [0.2, 0.25) is 0 Å².